The van der Waals surface area contributed by atoms with Crippen LogP contribution in [0.15, 0.2) is 46.6 Å². The molecule has 0 aliphatic heterocycles. The maximum Gasteiger partial charge on any atom is 0.413 e. The zero-order chi connectivity index (χ0) is 12.8. The molecule has 0 atom stereocenters. The number of fused-ring (bicyclic) bond motifs is 1. The van der Waals surface area contributed by atoms with Crippen molar-refractivity contribution in [1.82, 2.24) is 0 Å². The van der Waals surface area contributed by atoms with E-state index in [4.69, 9.17) is 4.42 Å². The minimum absolute atomic E-state index is 0.0621. The van der Waals surface area contributed by atoms with Gasteiger partial charge in [0.05, 0.1) is 6.26 Å². The molecule has 1 aliphatic carbocycles. The number of rotatable bonds is 1. The summed E-state index contributed by atoms with van der Waals surface area (Å²) in [5, 5.41) is 0. The summed E-state index contributed by atoms with van der Waals surface area (Å²) in [7, 11) is 0. The summed E-state index contributed by atoms with van der Waals surface area (Å²) >= 11 is 0. The predicted molar refractivity (Wildman–Crippen MR) is 61.9 cm³/mol. The Kier molecular flexibility index (Phi) is 2.33. The Morgan fingerprint density at radius 1 is 1.06 bits per heavy atom. The monoisotopic (exact) mass is 250 g/mol. The highest BCUT2D eigenvalue weighted by Gasteiger charge is 2.36. The summed E-state index contributed by atoms with van der Waals surface area (Å²) in [5.41, 5.74) is 1.50. The molecule has 4 heteroatoms. The fourth-order valence-corrected chi connectivity index (χ4v) is 2.20. The van der Waals surface area contributed by atoms with Gasteiger partial charge in [0.2, 0.25) is 0 Å². The van der Waals surface area contributed by atoms with E-state index in [0.29, 0.717) is 22.5 Å². The summed E-state index contributed by atoms with van der Waals surface area (Å²) in [6.45, 7) is 0. The van der Waals surface area contributed by atoms with Crippen LogP contribution in [0.4, 0.5) is 13.2 Å². The predicted octanol–water partition coefficient (Wildman–Crippen LogP) is 4.45. The molecule has 1 aromatic heterocycles. The standard InChI is InChI=1S/C14H9F3O/c15-14(16,17)10-7-9-3-1-4-11(12(9)8-10)13-5-2-6-18-13/h1-6,8H,7H2. The van der Waals surface area contributed by atoms with Crippen LogP contribution in [0.2, 0.25) is 0 Å². The first-order valence-corrected chi connectivity index (χ1v) is 5.49. The molecule has 92 valence electrons. The maximum absolute atomic E-state index is 12.7. The van der Waals surface area contributed by atoms with Gasteiger partial charge in [-0.3, -0.25) is 0 Å². The lowest BCUT2D eigenvalue weighted by Crippen LogP contribution is -2.11. The molecule has 0 spiro atoms. The van der Waals surface area contributed by atoms with E-state index in [0.717, 1.165) is 0 Å². The van der Waals surface area contributed by atoms with Crippen molar-refractivity contribution in [3.63, 3.8) is 0 Å². The molecule has 1 aromatic carbocycles. The zero-order valence-electron chi connectivity index (χ0n) is 9.29. The van der Waals surface area contributed by atoms with Crippen molar-refractivity contribution in [2.75, 3.05) is 0 Å². The molecule has 18 heavy (non-hydrogen) atoms. The number of benzene rings is 1. The average molecular weight is 250 g/mol. The second-order valence-corrected chi connectivity index (χ2v) is 4.20. The minimum atomic E-state index is -4.26. The molecule has 1 heterocycles. The van der Waals surface area contributed by atoms with Crippen molar-refractivity contribution in [3.05, 3.63) is 53.3 Å². The molecule has 0 N–H and O–H groups in total. The van der Waals surface area contributed by atoms with E-state index in [1.165, 1.54) is 12.3 Å². The molecular weight excluding hydrogens is 241 g/mol. The SMILES string of the molecule is FC(F)(F)C1=Cc2c(cccc2-c2ccco2)C1. The molecule has 3 rings (SSSR count). The van der Waals surface area contributed by atoms with Crippen LogP contribution in [-0.4, -0.2) is 6.18 Å². The number of hydrogen-bond donors (Lipinski definition) is 0. The fourth-order valence-electron chi connectivity index (χ4n) is 2.20. The van der Waals surface area contributed by atoms with E-state index in [-0.39, 0.29) is 6.42 Å². The Morgan fingerprint density at radius 3 is 2.56 bits per heavy atom. The molecule has 0 radical (unpaired) electrons. The Labute approximate surface area is 102 Å². The van der Waals surface area contributed by atoms with Crippen LogP contribution in [0.3, 0.4) is 0 Å². The van der Waals surface area contributed by atoms with Gasteiger partial charge >= 0.3 is 6.18 Å². The maximum atomic E-state index is 12.7. The van der Waals surface area contributed by atoms with E-state index in [9.17, 15) is 13.2 Å². The van der Waals surface area contributed by atoms with Gasteiger partial charge in [-0.25, -0.2) is 0 Å². The molecule has 0 saturated heterocycles. The van der Waals surface area contributed by atoms with E-state index in [2.05, 4.69) is 0 Å². The van der Waals surface area contributed by atoms with Crippen LogP contribution >= 0.6 is 0 Å². The second-order valence-electron chi connectivity index (χ2n) is 4.20. The quantitative estimate of drug-likeness (QED) is 0.728. The van der Waals surface area contributed by atoms with Gasteiger partial charge in [0, 0.05) is 17.6 Å². The lowest BCUT2D eigenvalue weighted by Gasteiger charge is -2.06. The van der Waals surface area contributed by atoms with Crippen molar-refractivity contribution in [1.29, 1.82) is 0 Å². The molecule has 0 saturated carbocycles. The fraction of sp³-hybridized carbons (Fsp3) is 0.143. The van der Waals surface area contributed by atoms with Gasteiger partial charge in [-0.1, -0.05) is 18.2 Å². The summed E-state index contributed by atoms with van der Waals surface area (Å²) in [5.74, 6) is 0.589. The highest BCUT2D eigenvalue weighted by molar-refractivity contribution is 5.79. The number of halogens is 3. The van der Waals surface area contributed by atoms with Gasteiger partial charge in [-0.05, 0) is 29.3 Å². The minimum Gasteiger partial charge on any atom is -0.464 e. The van der Waals surface area contributed by atoms with Crippen molar-refractivity contribution >= 4 is 6.08 Å². The Balaban J connectivity index is 2.12. The number of alkyl halides is 3. The van der Waals surface area contributed by atoms with Crippen LogP contribution in [0.1, 0.15) is 11.1 Å². The molecule has 0 fully saturated rings. The smallest absolute Gasteiger partial charge is 0.413 e. The van der Waals surface area contributed by atoms with E-state index in [1.54, 1.807) is 30.3 Å². The van der Waals surface area contributed by atoms with Gasteiger partial charge in [-0.2, -0.15) is 13.2 Å². The Hall–Kier alpha value is -1.97. The van der Waals surface area contributed by atoms with Crippen LogP contribution in [0, 0.1) is 0 Å². The third-order valence-corrected chi connectivity index (χ3v) is 3.05. The third kappa shape index (κ3) is 1.74. The summed E-state index contributed by atoms with van der Waals surface area (Å²) in [6.07, 6.45) is -1.60. The molecule has 0 bridgehead atoms. The highest BCUT2D eigenvalue weighted by atomic mass is 19.4. The number of allylic oxidation sites excluding steroid dienone is 1. The topological polar surface area (TPSA) is 13.1 Å². The van der Waals surface area contributed by atoms with Gasteiger partial charge in [0.15, 0.2) is 0 Å². The Morgan fingerprint density at radius 2 is 1.89 bits per heavy atom. The van der Waals surface area contributed by atoms with Crippen molar-refractivity contribution in [2.45, 2.75) is 12.6 Å². The summed E-state index contributed by atoms with van der Waals surface area (Å²) in [4.78, 5) is 0. The normalized spacial score (nSPS) is 14.5. The van der Waals surface area contributed by atoms with E-state index >= 15 is 0 Å². The molecule has 1 nitrogen and oxygen atoms in total. The van der Waals surface area contributed by atoms with Crippen molar-refractivity contribution in [3.8, 4) is 11.3 Å². The third-order valence-electron chi connectivity index (χ3n) is 3.05. The number of hydrogen-bond acceptors (Lipinski definition) is 1. The van der Waals surface area contributed by atoms with Gasteiger partial charge in [-0.15, -0.1) is 0 Å². The Bertz CT molecular complexity index is 606. The molecule has 1 aliphatic rings. The van der Waals surface area contributed by atoms with Crippen LogP contribution < -0.4 is 0 Å². The zero-order valence-corrected chi connectivity index (χ0v) is 9.29. The summed E-state index contributed by atoms with van der Waals surface area (Å²) in [6, 6.07) is 8.71. The van der Waals surface area contributed by atoms with Crippen LogP contribution in [-0.2, 0) is 6.42 Å². The average Bonchev–Trinajstić information content (AvgIpc) is 2.96. The first-order valence-electron chi connectivity index (χ1n) is 5.49. The lowest BCUT2D eigenvalue weighted by molar-refractivity contribution is -0.0918. The first-order chi connectivity index (χ1) is 8.55. The molecule has 2 aromatic rings. The first kappa shape index (κ1) is 11.1. The number of furan rings is 1. The van der Waals surface area contributed by atoms with Crippen LogP contribution in [0.25, 0.3) is 17.4 Å². The van der Waals surface area contributed by atoms with E-state index < -0.39 is 11.7 Å². The molecular formula is C14H9F3O. The summed E-state index contributed by atoms with van der Waals surface area (Å²) < 4.78 is 43.4. The molecule has 0 unspecified atom stereocenters. The van der Waals surface area contributed by atoms with Gasteiger partial charge in [0.1, 0.15) is 5.76 Å². The van der Waals surface area contributed by atoms with E-state index in [1.807, 2.05) is 0 Å². The van der Waals surface area contributed by atoms with Gasteiger partial charge < -0.3 is 4.42 Å². The van der Waals surface area contributed by atoms with Crippen molar-refractivity contribution < 1.29 is 17.6 Å². The second kappa shape index (κ2) is 3.77. The van der Waals surface area contributed by atoms with Gasteiger partial charge in [0.25, 0.3) is 0 Å². The largest absolute Gasteiger partial charge is 0.464 e. The lowest BCUT2D eigenvalue weighted by atomic mass is 10.0. The highest BCUT2D eigenvalue weighted by Crippen LogP contribution is 2.40. The van der Waals surface area contributed by atoms with Crippen LogP contribution in [0.5, 0.6) is 0 Å². The van der Waals surface area contributed by atoms with Crippen molar-refractivity contribution in [2.24, 2.45) is 0 Å². The molecule has 0 amide bonds.